The zero-order valence-electron chi connectivity index (χ0n) is 43.2. The van der Waals surface area contributed by atoms with Crippen LogP contribution in [0.2, 0.25) is 0 Å². The molecule has 0 radical (unpaired) electrons. The van der Waals surface area contributed by atoms with Crippen molar-refractivity contribution in [3.63, 3.8) is 0 Å². The summed E-state index contributed by atoms with van der Waals surface area (Å²) in [4.78, 5) is 26.2. The molecule has 3 N–H and O–H groups in total. The fraction of sp³-hybridized carbons (Fsp3) is 0.897. The van der Waals surface area contributed by atoms with Crippen molar-refractivity contribution in [2.45, 2.75) is 328 Å². The first-order valence-corrected chi connectivity index (χ1v) is 28.6. The molecule has 0 aliphatic rings. The molecule has 3 unspecified atom stereocenters. The summed E-state index contributed by atoms with van der Waals surface area (Å²) in [5, 5.41) is 23.9. The van der Waals surface area contributed by atoms with Crippen molar-refractivity contribution in [1.82, 2.24) is 5.32 Å². The second-order valence-electron chi connectivity index (χ2n) is 19.7. The molecule has 0 aromatic heterocycles. The van der Waals surface area contributed by atoms with Gasteiger partial charge in [0, 0.05) is 6.42 Å². The minimum atomic E-state index is -0.786. The summed E-state index contributed by atoms with van der Waals surface area (Å²) in [5.41, 5.74) is 0. The Hall–Kier alpha value is -1.66. The molecular formula is C58H111NO5. The summed E-state index contributed by atoms with van der Waals surface area (Å²) in [6.07, 6.45) is 60.9. The third-order valence-corrected chi connectivity index (χ3v) is 13.3. The van der Waals surface area contributed by atoms with Crippen molar-refractivity contribution < 1.29 is 24.5 Å². The summed E-state index contributed by atoms with van der Waals surface area (Å²) < 4.78 is 5.96. The van der Waals surface area contributed by atoms with Crippen LogP contribution in [0.25, 0.3) is 0 Å². The van der Waals surface area contributed by atoms with Crippen LogP contribution in [0, 0.1) is 0 Å². The van der Waals surface area contributed by atoms with E-state index in [1.165, 1.54) is 212 Å². The van der Waals surface area contributed by atoms with Crippen LogP contribution >= 0.6 is 0 Å². The van der Waals surface area contributed by atoms with Crippen LogP contribution < -0.4 is 5.32 Å². The van der Waals surface area contributed by atoms with Gasteiger partial charge in [0.15, 0.2) is 0 Å². The number of carbonyl (C=O) groups excluding carboxylic acids is 2. The highest BCUT2D eigenvalue weighted by Crippen LogP contribution is 2.19. The number of rotatable bonds is 52. The highest BCUT2D eigenvalue weighted by atomic mass is 16.5. The van der Waals surface area contributed by atoms with Crippen molar-refractivity contribution in [1.29, 1.82) is 0 Å². The molecule has 0 aliphatic carbocycles. The molecule has 0 bridgehead atoms. The number of aliphatic hydroxyl groups excluding tert-OH is 2. The molecule has 64 heavy (non-hydrogen) atoms. The van der Waals surface area contributed by atoms with Crippen molar-refractivity contribution in [2.24, 2.45) is 0 Å². The number of nitrogens with one attached hydrogen (secondary N) is 1. The average Bonchev–Trinajstić information content (AvgIpc) is 3.29. The van der Waals surface area contributed by atoms with E-state index in [1.54, 1.807) is 0 Å². The van der Waals surface area contributed by atoms with Crippen LogP contribution in [-0.4, -0.2) is 46.9 Å². The Morgan fingerprint density at radius 3 is 1.19 bits per heavy atom. The zero-order chi connectivity index (χ0) is 46.7. The lowest BCUT2D eigenvalue weighted by atomic mass is 10.0. The maximum Gasteiger partial charge on any atom is 0.306 e. The number of hydrogen-bond acceptors (Lipinski definition) is 5. The first-order chi connectivity index (χ1) is 31.5. The molecule has 0 rings (SSSR count). The van der Waals surface area contributed by atoms with Crippen LogP contribution in [-0.2, 0) is 14.3 Å². The van der Waals surface area contributed by atoms with Crippen molar-refractivity contribution in [2.75, 3.05) is 6.61 Å². The number of hydrogen-bond donors (Lipinski definition) is 3. The van der Waals surface area contributed by atoms with Gasteiger partial charge in [0.25, 0.3) is 0 Å². The first-order valence-electron chi connectivity index (χ1n) is 28.6. The Bertz CT molecular complexity index is 1010. The van der Waals surface area contributed by atoms with Crippen molar-refractivity contribution in [3.05, 3.63) is 24.3 Å². The topological polar surface area (TPSA) is 95.9 Å². The van der Waals surface area contributed by atoms with E-state index < -0.39 is 18.2 Å². The fourth-order valence-electron chi connectivity index (χ4n) is 8.95. The van der Waals surface area contributed by atoms with E-state index in [0.29, 0.717) is 19.3 Å². The SMILES string of the molecule is CCCCC/C=C/C=C/CCCCCCCCC(=O)OC(CCCCCCCCCCCCCCCCC)CC(=O)NC(CO)C(O)CCCCCCCCCCCCCCCCC. The zero-order valence-corrected chi connectivity index (χ0v) is 43.2. The smallest absolute Gasteiger partial charge is 0.306 e. The number of aliphatic hydroxyl groups is 2. The van der Waals surface area contributed by atoms with Gasteiger partial charge in [0.1, 0.15) is 6.10 Å². The molecule has 0 saturated carbocycles. The monoisotopic (exact) mass is 902 g/mol. The fourth-order valence-corrected chi connectivity index (χ4v) is 8.95. The molecular weight excluding hydrogens is 791 g/mol. The molecule has 3 atom stereocenters. The first kappa shape index (κ1) is 62.3. The molecule has 6 nitrogen and oxygen atoms in total. The van der Waals surface area contributed by atoms with Crippen LogP contribution in [0.3, 0.4) is 0 Å². The third-order valence-electron chi connectivity index (χ3n) is 13.3. The summed E-state index contributed by atoms with van der Waals surface area (Å²) in [6, 6.07) is -0.700. The van der Waals surface area contributed by atoms with Crippen molar-refractivity contribution in [3.8, 4) is 0 Å². The van der Waals surface area contributed by atoms with Gasteiger partial charge in [-0.25, -0.2) is 0 Å². The van der Waals surface area contributed by atoms with Crippen LogP contribution in [0.15, 0.2) is 24.3 Å². The number of esters is 1. The molecule has 0 aromatic rings. The van der Waals surface area contributed by atoms with E-state index in [-0.39, 0.29) is 24.9 Å². The standard InChI is InChI=1S/C58H111NO5/c1-4-7-10-13-16-19-22-25-28-31-34-37-40-43-46-49-54(64-58(63)51-48-45-42-39-36-33-30-27-24-21-18-15-12-9-6-3)52-57(62)59-55(53-60)56(61)50-47-44-41-38-35-32-29-26-23-20-17-14-11-8-5-2/h18,21,24,27,54-56,60-61H,4-17,19-20,22-23,25-26,28-53H2,1-3H3,(H,59,62)/b21-18+,27-24+. The molecule has 378 valence electrons. The minimum Gasteiger partial charge on any atom is -0.462 e. The van der Waals surface area contributed by atoms with Crippen LogP contribution in [0.5, 0.6) is 0 Å². The summed E-state index contributed by atoms with van der Waals surface area (Å²) in [7, 11) is 0. The normalized spacial score (nSPS) is 13.3. The molecule has 0 heterocycles. The lowest BCUT2D eigenvalue weighted by Crippen LogP contribution is -2.46. The Labute approximate surface area is 399 Å². The largest absolute Gasteiger partial charge is 0.462 e. The van der Waals surface area contributed by atoms with E-state index in [2.05, 4.69) is 50.4 Å². The predicted molar refractivity (Wildman–Crippen MR) is 278 cm³/mol. The van der Waals surface area contributed by atoms with E-state index >= 15 is 0 Å². The van der Waals surface area contributed by atoms with E-state index in [1.807, 2.05) is 0 Å². The number of ether oxygens (including phenoxy) is 1. The van der Waals surface area contributed by atoms with Gasteiger partial charge < -0.3 is 20.3 Å². The molecule has 0 fully saturated rings. The maximum absolute atomic E-state index is 13.3. The maximum atomic E-state index is 13.3. The molecule has 0 saturated heterocycles. The van der Waals surface area contributed by atoms with Crippen molar-refractivity contribution >= 4 is 11.9 Å². The average molecular weight is 903 g/mol. The third kappa shape index (κ3) is 46.9. The Kier molecular flexibility index (Phi) is 51.0. The number of unbranched alkanes of at least 4 members (excludes halogenated alkanes) is 37. The van der Waals surface area contributed by atoms with E-state index in [9.17, 15) is 19.8 Å². The Morgan fingerprint density at radius 1 is 0.453 bits per heavy atom. The second-order valence-corrected chi connectivity index (χ2v) is 19.7. The highest BCUT2D eigenvalue weighted by molar-refractivity contribution is 5.77. The van der Waals surface area contributed by atoms with E-state index in [4.69, 9.17) is 4.74 Å². The molecule has 0 aliphatic heterocycles. The number of allylic oxidation sites excluding steroid dienone is 4. The van der Waals surface area contributed by atoms with Gasteiger partial charge in [-0.1, -0.05) is 270 Å². The minimum absolute atomic E-state index is 0.0790. The lowest BCUT2D eigenvalue weighted by molar-refractivity contribution is -0.151. The molecule has 6 heteroatoms. The van der Waals surface area contributed by atoms with Gasteiger partial charge in [0.05, 0.1) is 25.2 Å². The highest BCUT2D eigenvalue weighted by Gasteiger charge is 2.24. The van der Waals surface area contributed by atoms with Gasteiger partial charge in [-0.05, 0) is 51.4 Å². The summed E-state index contributed by atoms with van der Waals surface area (Å²) in [5.74, 6) is -0.468. The van der Waals surface area contributed by atoms with Gasteiger partial charge in [-0.2, -0.15) is 0 Å². The number of amides is 1. The summed E-state index contributed by atoms with van der Waals surface area (Å²) >= 11 is 0. The van der Waals surface area contributed by atoms with E-state index in [0.717, 1.165) is 51.4 Å². The van der Waals surface area contributed by atoms with Crippen LogP contribution in [0.1, 0.15) is 310 Å². The van der Waals surface area contributed by atoms with Gasteiger partial charge in [0.2, 0.25) is 5.91 Å². The Balaban J connectivity index is 4.53. The molecule has 0 aromatic carbocycles. The molecule has 1 amide bonds. The second kappa shape index (κ2) is 52.3. The Morgan fingerprint density at radius 2 is 0.781 bits per heavy atom. The number of carbonyl (C=O) groups is 2. The summed E-state index contributed by atoms with van der Waals surface area (Å²) in [6.45, 7) is 6.49. The lowest BCUT2D eigenvalue weighted by Gasteiger charge is -2.24. The predicted octanol–water partition coefficient (Wildman–Crippen LogP) is 17.5. The molecule has 0 spiro atoms. The van der Waals surface area contributed by atoms with Gasteiger partial charge in [-0.15, -0.1) is 0 Å². The van der Waals surface area contributed by atoms with Gasteiger partial charge >= 0.3 is 5.97 Å². The quantitative estimate of drug-likeness (QED) is 0.0321. The van der Waals surface area contributed by atoms with Gasteiger partial charge in [-0.3, -0.25) is 9.59 Å². The van der Waals surface area contributed by atoms with Crippen LogP contribution in [0.4, 0.5) is 0 Å².